The zero-order valence-electron chi connectivity index (χ0n) is 23.8. The van der Waals surface area contributed by atoms with Crippen molar-refractivity contribution in [2.24, 2.45) is 0 Å². The molecule has 0 aliphatic carbocycles. The van der Waals surface area contributed by atoms with E-state index in [1.807, 2.05) is 0 Å². The smallest absolute Gasteiger partial charge is 0.0976 e. The van der Waals surface area contributed by atoms with Crippen molar-refractivity contribution in [3.05, 3.63) is 179 Å². The molecule has 3 heteroatoms. The van der Waals surface area contributed by atoms with Crippen molar-refractivity contribution in [1.29, 1.82) is 0 Å². The van der Waals surface area contributed by atoms with Gasteiger partial charge in [-0.1, -0.05) is 158 Å². The van der Waals surface area contributed by atoms with Crippen molar-refractivity contribution in [3.63, 3.8) is 0 Å². The minimum absolute atomic E-state index is 0.0813. The van der Waals surface area contributed by atoms with Crippen LogP contribution in [0, 0.1) is 0 Å². The van der Waals surface area contributed by atoms with E-state index < -0.39 is 20.4 Å². The monoisotopic (exact) mass is 553 g/mol. The Labute approximate surface area is 246 Å². The molecule has 41 heavy (non-hydrogen) atoms. The Hall–Kier alpha value is -3.76. The quantitative estimate of drug-likeness (QED) is 0.142. The van der Waals surface area contributed by atoms with Crippen LogP contribution in [-0.4, -0.2) is 37.5 Å². The lowest BCUT2D eigenvalue weighted by molar-refractivity contribution is -0.0523. The molecule has 1 N–H and O–H groups in total. The number of aliphatic hydroxyl groups is 1. The molecule has 0 spiro atoms. The molecule has 206 valence electrons. The fourth-order valence-corrected chi connectivity index (χ4v) is 10.2. The first-order valence-electron chi connectivity index (χ1n) is 14.9. The first-order chi connectivity index (χ1) is 20.2. The van der Waals surface area contributed by atoms with Gasteiger partial charge in [-0.3, -0.25) is 4.90 Å². The van der Waals surface area contributed by atoms with Gasteiger partial charge >= 0.3 is 0 Å². The molecule has 0 radical (unpaired) electrons. The highest BCUT2D eigenvalue weighted by Crippen LogP contribution is 2.48. The van der Waals surface area contributed by atoms with Gasteiger partial charge in [0.2, 0.25) is 0 Å². The molecule has 5 aromatic carbocycles. The average molecular weight is 554 g/mol. The Morgan fingerprint density at radius 2 is 1.00 bits per heavy atom. The summed E-state index contributed by atoms with van der Waals surface area (Å²) in [6.45, 7) is 3.38. The average Bonchev–Trinajstić information content (AvgIpc) is 3.01. The first kappa shape index (κ1) is 27.4. The maximum Gasteiger partial charge on any atom is 0.0976 e. The van der Waals surface area contributed by atoms with Crippen molar-refractivity contribution in [1.82, 2.24) is 4.90 Å². The number of benzene rings is 5. The highest BCUT2D eigenvalue weighted by Gasteiger charge is 2.50. The van der Waals surface area contributed by atoms with Crippen molar-refractivity contribution in [3.8, 4) is 0 Å². The van der Waals surface area contributed by atoms with E-state index in [2.05, 4.69) is 163 Å². The minimum atomic E-state index is -1.44. The van der Waals surface area contributed by atoms with Crippen molar-refractivity contribution in [2.45, 2.75) is 42.2 Å². The molecule has 3 atom stereocenters. The van der Waals surface area contributed by atoms with Crippen molar-refractivity contribution < 1.29 is 5.11 Å². The number of hydrogen-bond acceptors (Lipinski definition) is 2. The predicted octanol–water partition coefficient (Wildman–Crippen LogP) is 7.64. The fourth-order valence-electron chi connectivity index (χ4n) is 7.10. The van der Waals surface area contributed by atoms with E-state index in [4.69, 9.17) is 0 Å². The summed E-state index contributed by atoms with van der Waals surface area (Å²) in [4.78, 5) is 2.58. The molecule has 1 unspecified atom stereocenters. The highest BCUT2D eigenvalue weighted by atomic mass is 28.3. The number of hydrogen-bond donors (Lipinski definition) is 1. The second kappa shape index (κ2) is 12.4. The van der Waals surface area contributed by atoms with E-state index >= 15 is 0 Å². The van der Waals surface area contributed by atoms with Gasteiger partial charge in [0.1, 0.15) is 0 Å². The summed E-state index contributed by atoms with van der Waals surface area (Å²) < 4.78 is 0. The third kappa shape index (κ3) is 5.33. The molecular formula is C38H39NOSi. The van der Waals surface area contributed by atoms with E-state index in [1.165, 1.54) is 27.8 Å². The standard InChI is InChI=1S/C38H39NOSi/c1-41(37(30-17-7-2-8-18-30)31-19-9-3-10-20-31)29-36(40)35-27-28-39(35)38(32-21-11-4-12-22-32,33-23-13-5-14-24-33)34-25-15-6-16-26-34/h2-26,35-37,40-41H,27-29H2,1H3/t35-,36+,41?/m0/s1. The lowest BCUT2D eigenvalue weighted by atomic mass is 9.72. The Morgan fingerprint density at radius 1 is 0.634 bits per heavy atom. The summed E-state index contributed by atoms with van der Waals surface area (Å²) in [5.74, 6) is 0. The van der Waals surface area contributed by atoms with Crippen LogP contribution >= 0.6 is 0 Å². The van der Waals surface area contributed by atoms with E-state index in [9.17, 15) is 5.11 Å². The number of nitrogens with zero attached hydrogens (tertiary/aromatic N) is 1. The Kier molecular flexibility index (Phi) is 8.29. The van der Waals surface area contributed by atoms with Gasteiger partial charge in [0.05, 0.1) is 20.4 Å². The van der Waals surface area contributed by atoms with Crippen LogP contribution in [0.25, 0.3) is 0 Å². The van der Waals surface area contributed by atoms with E-state index in [1.54, 1.807) is 0 Å². The predicted molar refractivity (Wildman–Crippen MR) is 173 cm³/mol. The summed E-state index contributed by atoms with van der Waals surface area (Å²) in [5.41, 5.74) is 6.34. The summed E-state index contributed by atoms with van der Waals surface area (Å²) in [6, 6.07) is 55.3. The molecule has 0 bridgehead atoms. The topological polar surface area (TPSA) is 23.5 Å². The Bertz CT molecular complexity index is 1360. The van der Waals surface area contributed by atoms with Gasteiger partial charge in [-0.15, -0.1) is 0 Å². The zero-order valence-corrected chi connectivity index (χ0v) is 24.9. The van der Waals surface area contributed by atoms with Gasteiger partial charge in [0.15, 0.2) is 0 Å². The SMILES string of the molecule is C[SiH](C[C@@H](O)[C@@H]1CCN1C(c1ccccc1)(c1ccccc1)c1ccccc1)C(c1ccccc1)c1ccccc1. The van der Waals surface area contributed by atoms with Gasteiger partial charge in [-0.05, 0) is 40.3 Å². The first-order valence-corrected chi connectivity index (χ1v) is 17.5. The summed E-state index contributed by atoms with van der Waals surface area (Å²) in [7, 11) is -1.44. The van der Waals surface area contributed by atoms with Gasteiger partial charge in [-0.25, -0.2) is 0 Å². The van der Waals surface area contributed by atoms with Crippen LogP contribution in [0.2, 0.25) is 12.6 Å². The molecule has 1 saturated heterocycles. The van der Waals surface area contributed by atoms with Crippen LogP contribution in [0.15, 0.2) is 152 Å². The van der Waals surface area contributed by atoms with Crippen LogP contribution in [0.3, 0.4) is 0 Å². The molecule has 5 aromatic rings. The molecule has 2 nitrogen and oxygen atoms in total. The van der Waals surface area contributed by atoms with Gasteiger partial charge in [0, 0.05) is 18.1 Å². The summed E-state index contributed by atoms with van der Waals surface area (Å²) >= 11 is 0. The Morgan fingerprint density at radius 3 is 1.34 bits per heavy atom. The molecule has 0 saturated carbocycles. The van der Waals surface area contributed by atoms with Crippen LogP contribution in [0.5, 0.6) is 0 Å². The molecule has 1 aliphatic rings. The third-order valence-electron chi connectivity index (χ3n) is 9.02. The lowest BCUT2D eigenvalue weighted by Gasteiger charge is -2.56. The lowest BCUT2D eigenvalue weighted by Crippen LogP contribution is -2.64. The maximum atomic E-state index is 12.0. The zero-order chi connectivity index (χ0) is 28.1. The van der Waals surface area contributed by atoms with Crippen molar-refractivity contribution >= 4 is 8.80 Å². The maximum absolute atomic E-state index is 12.0. The molecule has 1 fully saturated rings. The number of rotatable bonds is 10. The number of likely N-dealkylation sites (tertiary alicyclic amines) is 1. The summed E-state index contributed by atoms with van der Waals surface area (Å²) in [6.07, 6.45) is 0.605. The van der Waals surface area contributed by atoms with Crippen molar-refractivity contribution in [2.75, 3.05) is 6.54 Å². The van der Waals surface area contributed by atoms with Crippen LogP contribution in [0.4, 0.5) is 0 Å². The molecule has 1 heterocycles. The molecule has 0 amide bonds. The largest absolute Gasteiger partial charge is 0.392 e. The van der Waals surface area contributed by atoms with Gasteiger partial charge in [0.25, 0.3) is 0 Å². The van der Waals surface area contributed by atoms with E-state index in [0.29, 0.717) is 5.54 Å². The third-order valence-corrected chi connectivity index (χ3v) is 12.1. The van der Waals surface area contributed by atoms with E-state index in [0.717, 1.165) is 19.0 Å². The van der Waals surface area contributed by atoms with Crippen LogP contribution < -0.4 is 0 Å². The van der Waals surface area contributed by atoms with Gasteiger partial charge < -0.3 is 5.11 Å². The summed E-state index contributed by atoms with van der Waals surface area (Å²) in [5, 5.41) is 12.0. The fraction of sp³-hybridized carbons (Fsp3) is 0.211. The normalized spacial score (nSPS) is 17.1. The Balaban J connectivity index is 1.37. The highest BCUT2D eigenvalue weighted by molar-refractivity contribution is 6.60. The second-order valence-corrected chi connectivity index (χ2v) is 14.5. The second-order valence-electron chi connectivity index (χ2n) is 11.4. The molecule has 1 aliphatic heterocycles. The van der Waals surface area contributed by atoms with E-state index in [-0.39, 0.29) is 6.04 Å². The van der Waals surface area contributed by atoms with Gasteiger partial charge in [-0.2, -0.15) is 0 Å². The molecular weight excluding hydrogens is 515 g/mol. The van der Waals surface area contributed by atoms with Crippen LogP contribution in [0.1, 0.15) is 39.8 Å². The van der Waals surface area contributed by atoms with Crippen LogP contribution in [-0.2, 0) is 5.54 Å². The molecule has 6 rings (SSSR count). The minimum Gasteiger partial charge on any atom is -0.392 e. The molecule has 0 aromatic heterocycles. The number of aliphatic hydroxyl groups excluding tert-OH is 1.